The van der Waals surface area contributed by atoms with Crippen molar-refractivity contribution in [2.75, 3.05) is 16.8 Å². The highest BCUT2D eigenvalue weighted by Crippen LogP contribution is 2.23. The second-order valence-corrected chi connectivity index (χ2v) is 5.17. The number of carbonyl (C=O) groups excluding carboxylic acids is 1. The first kappa shape index (κ1) is 13.7. The molecule has 6 nitrogen and oxygen atoms in total. The minimum Gasteiger partial charge on any atom is -0.368 e. The predicted molar refractivity (Wildman–Crippen MR) is 76.3 cm³/mol. The largest absolute Gasteiger partial charge is 0.368 e. The van der Waals surface area contributed by atoms with Gasteiger partial charge in [0.2, 0.25) is 17.0 Å². The summed E-state index contributed by atoms with van der Waals surface area (Å²) >= 11 is 7.18. The fraction of sp³-hybridized carbons (Fsp3) is 0.182. The predicted octanol–water partition coefficient (Wildman–Crippen LogP) is 2.08. The van der Waals surface area contributed by atoms with E-state index in [0.717, 1.165) is 5.56 Å². The summed E-state index contributed by atoms with van der Waals surface area (Å²) < 4.78 is 0. The fourth-order valence-electron chi connectivity index (χ4n) is 1.37. The SMILES string of the molecule is Cc1ccc(Cl)c(NC(=O)CSc2n[nH]c(N)n2)c1. The Morgan fingerprint density at radius 3 is 3.05 bits per heavy atom. The third kappa shape index (κ3) is 3.87. The van der Waals surface area contributed by atoms with Crippen molar-refractivity contribution in [1.82, 2.24) is 15.2 Å². The minimum absolute atomic E-state index is 0.180. The van der Waals surface area contributed by atoms with Gasteiger partial charge in [-0.15, -0.1) is 5.10 Å². The number of thioether (sulfide) groups is 1. The van der Waals surface area contributed by atoms with Crippen LogP contribution >= 0.6 is 23.4 Å². The van der Waals surface area contributed by atoms with Crippen molar-refractivity contribution in [2.24, 2.45) is 0 Å². The summed E-state index contributed by atoms with van der Waals surface area (Å²) in [5.41, 5.74) is 7.01. The molecule has 1 amide bonds. The Bertz CT molecular complexity index is 601. The Balaban J connectivity index is 1.92. The van der Waals surface area contributed by atoms with E-state index in [1.54, 1.807) is 6.07 Å². The number of nitrogens with zero attached hydrogens (tertiary/aromatic N) is 2. The first-order chi connectivity index (χ1) is 9.04. The van der Waals surface area contributed by atoms with Crippen LogP contribution in [0.15, 0.2) is 23.4 Å². The number of nitrogens with two attached hydrogens (primary N) is 1. The first-order valence-corrected chi connectivity index (χ1v) is 6.77. The van der Waals surface area contributed by atoms with E-state index in [9.17, 15) is 4.79 Å². The van der Waals surface area contributed by atoms with Gasteiger partial charge >= 0.3 is 0 Å². The summed E-state index contributed by atoms with van der Waals surface area (Å²) in [4.78, 5) is 15.7. The van der Waals surface area contributed by atoms with Gasteiger partial charge in [0.1, 0.15) is 0 Å². The van der Waals surface area contributed by atoms with Crippen molar-refractivity contribution in [1.29, 1.82) is 0 Å². The molecule has 100 valence electrons. The summed E-state index contributed by atoms with van der Waals surface area (Å²) in [7, 11) is 0. The smallest absolute Gasteiger partial charge is 0.234 e. The number of halogens is 1. The van der Waals surface area contributed by atoms with E-state index in [1.165, 1.54) is 11.8 Å². The summed E-state index contributed by atoms with van der Waals surface area (Å²) in [5.74, 6) is 0.229. The van der Waals surface area contributed by atoms with E-state index in [0.29, 0.717) is 15.9 Å². The van der Waals surface area contributed by atoms with E-state index >= 15 is 0 Å². The highest BCUT2D eigenvalue weighted by atomic mass is 35.5. The van der Waals surface area contributed by atoms with Crippen LogP contribution in [0.2, 0.25) is 5.02 Å². The normalized spacial score (nSPS) is 10.4. The lowest BCUT2D eigenvalue weighted by atomic mass is 10.2. The Hall–Kier alpha value is -1.73. The summed E-state index contributed by atoms with van der Waals surface area (Å²) in [6, 6.07) is 5.44. The van der Waals surface area contributed by atoms with Crippen molar-refractivity contribution in [3.63, 3.8) is 0 Å². The molecular weight excluding hydrogens is 286 g/mol. The van der Waals surface area contributed by atoms with Gasteiger partial charge in [0, 0.05) is 0 Å². The summed E-state index contributed by atoms with van der Waals surface area (Å²) in [6.45, 7) is 1.93. The molecule has 4 N–H and O–H groups in total. The Labute approximate surface area is 119 Å². The monoisotopic (exact) mass is 297 g/mol. The molecule has 0 aliphatic rings. The maximum atomic E-state index is 11.8. The number of aromatic amines is 1. The van der Waals surface area contributed by atoms with Crippen LogP contribution in [0.3, 0.4) is 0 Å². The third-order valence-electron chi connectivity index (χ3n) is 2.21. The van der Waals surface area contributed by atoms with Crippen molar-refractivity contribution in [2.45, 2.75) is 12.1 Å². The van der Waals surface area contributed by atoms with Gasteiger partial charge in [-0.3, -0.25) is 4.79 Å². The number of benzene rings is 1. The molecule has 1 aromatic heterocycles. The summed E-state index contributed by atoms with van der Waals surface area (Å²) in [6.07, 6.45) is 0. The highest BCUT2D eigenvalue weighted by molar-refractivity contribution is 7.99. The second-order valence-electron chi connectivity index (χ2n) is 3.82. The number of amides is 1. The second kappa shape index (κ2) is 5.94. The number of carbonyl (C=O) groups is 1. The third-order valence-corrected chi connectivity index (χ3v) is 3.39. The van der Waals surface area contributed by atoms with Crippen molar-refractivity contribution >= 4 is 40.9 Å². The maximum absolute atomic E-state index is 11.8. The number of rotatable bonds is 4. The lowest BCUT2D eigenvalue weighted by Gasteiger charge is -2.07. The number of hydrogen-bond donors (Lipinski definition) is 3. The van der Waals surface area contributed by atoms with Gasteiger partial charge in [0.15, 0.2) is 0 Å². The fourth-order valence-corrected chi connectivity index (χ4v) is 2.14. The zero-order valence-electron chi connectivity index (χ0n) is 10.1. The van der Waals surface area contributed by atoms with Crippen molar-refractivity contribution < 1.29 is 4.79 Å². The van der Waals surface area contributed by atoms with Crippen LogP contribution in [0.4, 0.5) is 11.6 Å². The van der Waals surface area contributed by atoms with Gasteiger partial charge in [-0.1, -0.05) is 29.4 Å². The highest BCUT2D eigenvalue weighted by Gasteiger charge is 2.09. The number of H-pyrrole nitrogens is 1. The lowest BCUT2D eigenvalue weighted by molar-refractivity contribution is -0.113. The van der Waals surface area contributed by atoms with Crippen molar-refractivity contribution in [3.8, 4) is 0 Å². The minimum atomic E-state index is -0.180. The molecule has 0 aliphatic heterocycles. The molecule has 19 heavy (non-hydrogen) atoms. The number of anilines is 2. The van der Waals surface area contributed by atoms with Crippen LogP contribution in [0.5, 0.6) is 0 Å². The Morgan fingerprint density at radius 1 is 1.58 bits per heavy atom. The molecule has 0 bridgehead atoms. The molecule has 0 spiro atoms. The zero-order valence-corrected chi connectivity index (χ0v) is 11.7. The summed E-state index contributed by atoms with van der Waals surface area (Å²) in [5, 5.41) is 10.0. The average Bonchev–Trinajstić information content (AvgIpc) is 2.77. The van der Waals surface area contributed by atoms with Gasteiger partial charge in [-0.05, 0) is 24.6 Å². The van der Waals surface area contributed by atoms with Gasteiger partial charge in [0.05, 0.1) is 16.5 Å². The van der Waals surface area contributed by atoms with E-state index in [2.05, 4.69) is 20.5 Å². The zero-order chi connectivity index (χ0) is 13.8. The molecule has 1 aromatic carbocycles. The van der Waals surface area contributed by atoms with Crippen LogP contribution in [0.25, 0.3) is 0 Å². The van der Waals surface area contributed by atoms with Gasteiger partial charge in [0.25, 0.3) is 0 Å². The molecule has 1 heterocycles. The van der Waals surface area contributed by atoms with Crippen LogP contribution in [0, 0.1) is 6.92 Å². The molecule has 2 rings (SSSR count). The van der Waals surface area contributed by atoms with Crippen LogP contribution < -0.4 is 11.1 Å². The van der Waals surface area contributed by atoms with Crippen molar-refractivity contribution in [3.05, 3.63) is 28.8 Å². The van der Waals surface area contributed by atoms with Crippen LogP contribution in [-0.2, 0) is 4.79 Å². The van der Waals surface area contributed by atoms with E-state index in [1.807, 2.05) is 19.1 Å². The molecule has 0 aliphatic carbocycles. The number of hydrogen-bond acceptors (Lipinski definition) is 5. The van der Waals surface area contributed by atoms with Crippen LogP contribution in [-0.4, -0.2) is 26.8 Å². The Morgan fingerprint density at radius 2 is 2.37 bits per heavy atom. The average molecular weight is 298 g/mol. The quantitative estimate of drug-likeness (QED) is 0.751. The topological polar surface area (TPSA) is 96.7 Å². The van der Waals surface area contributed by atoms with Gasteiger partial charge in [-0.25, -0.2) is 5.10 Å². The molecule has 0 fully saturated rings. The molecule has 0 radical (unpaired) electrons. The van der Waals surface area contributed by atoms with Gasteiger partial charge in [-0.2, -0.15) is 4.98 Å². The lowest BCUT2D eigenvalue weighted by Crippen LogP contribution is -2.14. The standard InChI is InChI=1S/C11H12ClN5OS/c1-6-2-3-7(12)8(4-6)14-9(18)5-19-11-15-10(13)16-17-11/h2-4H,5H2,1H3,(H,14,18)(H3,13,15,16,17). The van der Waals surface area contributed by atoms with E-state index in [-0.39, 0.29) is 17.6 Å². The molecule has 0 saturated carbocycles. The number of aromatic nitrogens is 3. The number of nitrogens with one attached hydrogen (secondary N) is 2. The Kier molecular flexibility index (Phi) is 4.28. The maximum Gasteiger partial charge on any atom is 0.234 e. The molecule has 0 atom stereocenters. The molecule has 2 aromatic rings. The first-order valence-electron chi connectivity index (χ1n) is 5.41. The number of aryl methyl sites for hydroxylation is 1. The number of nitrogen functional groups attached to an aromatic ring is 1. The van der Waals surface area contributed by atoms with E-state index < -0.39 is 0 Å². The molecule has 0 saturated heterocycles. The van der Waals surface area contributed by atoms with Crippen LogP contribution in [0.1, 0.15) is 5.56 Å². The molecule has 8 heteroatoms. The molecular formula is C11H12ClN5OS. The van der Waals surface area contributed by atoms with E-state index in [4.69, 9.17) is 17.3 Å². The van der Waals surface area contributed by atoms with Gasteiger partial charge < -0.3 is 11.1 Å². The molecule has 0 unspecified atom stereocenters.